The Hall–Kier alpha value is -2.06. The summed E-state index contributed by atoms with van der Waals surface area (Å²) in [5.74, 6) is -0.293. The van der Waals surface area contributed by atoms with E-state index >= 15 is 0 Å². The molecule has 1 unspecified atom stereocenters. The van der Waals surface area contributed by atoms with Crippen molar-refractivity contribution in [1.82, 2.24) is 15.5 Å². The molecule has 0 saturated heterocycles. The van der Waals surface area contributed by atoms with Crippen LogP contribution in [0.3, 0.4) is 0 Å². The molecule has 1 heterocycles. The summed E-state index contributed by atoms with van der Waals surface area (Å²) in [6.07, 6.45) is 1.21. The Bertz CT molecular complexity index is 650. The van der Waals surface area contributed by atoms with Crippen molar-refractivity contribution in [2.45, 2.75) is 32.3 Å². The van der Waals surface area contributed by atoms with E-state index in [-0.39, 0.29) is 11.8 Å². The Morgan fingerprint density at radius 2 is 2.26 bits per heavy atom. The van der Waals surface area contributed by atoms with Crippen LogP contribution in [0.4, 0.5) is 14.3 Å². The zero-order valence-corrected chi connectivity index (χ0v) is 13.6. The minimum Gasteiger partial charge on any atom is -0.393 e. The molecule has 2 amide bonds. The predicted octanol–water partition coefficient (Wildman–Crippen LogP) is 2.55. The number of aliphatic hydroxyl groups is 1. The maximum Gasteiger partial charge on any atom is 0.321 e. The Labute approximate surface area is 137 Å². The van der Waals surface area contributed by atoms with Crippen molar-refractivity contribution in [3.05, 3.63) is 40.7 Å². The minimum absolute atomic E-state index is 0.293. The lowest BCUT2D eigenvalue weighted by atomic mass is 10.1. The molecule has 23 heavy (non-hydrogen) atoms. The summed E-state index contributed by atoms with van der Waals surface area (Å²) in [4.78, 5) is 11.7. The molecule has 3 N–H and O–H groups in total. The van der Waals surface area contributed by atoms with Gasteiger partial charge in [0.05, 0.1) is 6.10 Å². The summed E-state index contributed by atoms with van der Waals surface area (Å²) < 4.78 is 13.1. The maximum absolute atomic E-state index is 13.1. The topological polar surface area (TPSA) is 87.1 Å². The number of halogens is 1. The van der Waals surface area contributed by atoms with Gasteiger partial charge in [0.2, 0.25) is 5.13 Å². The molecule has 1 atom stereocenters. The van der Waals surface area contributed by atoms with Gasteiger partial charge in [-0.1, -0.05) is 30.4 Å². The maximum atomic E-state index is 13.1. The number of hydrogen-bond acceptors (Lipinski definition) is 5. The van der Waals surface area contributed by atoms with Crippen molar-refractivity contribution in [2.75, 3.05) is 11.9 Å². The van der Waals surface area contributed by atoms with Gasteiger partial charge in [0.1, 0.15) is 10.8 Å². The number of carbonyl (C=O) groups is 1. The van der Waals surface area contributed by atoms with Crippen molar-refractivity contribution in [3.63, 3.8) is 0 Å². The molecule has 0 aliphatic rings. The molecule has 0 fully saturated rings. The molecule has 1 aromatic heterocycles. The molecule has 1 aromatic carbocycles. The second kappa shape index (κ2) is 8.54. The Balaban J connectivity index is 1.81. The van der Waals surface area contributed by atoms with Gasteiger partial charge in [-0.3, -0.25) is 5.32 Å². The van der Waals surface area contributed by atoms with Gasteiger partial charge in [-0.15, -0.1) is 10.2 Å². The molecule has 0 saturated carbocycles. The zero-order chi connectivity index (χ0) is 16.7. The number of urea groups is 1. The van der Waals surface area contributed by atoms with E-state index in [0.717, 1.165) is 5.56 Å². The van der Waals surface area contributed by atoms with E-state index in [0.29, 0.717) is 35.9 Å². The molecule has 6 nitrogen and oxygen atoms in total. The zero-order valence-electron chi connectivity index (χ0n) is 12.8. The summed E-state index contributed by atoms with van der Waals surface area (Å²) in [7, 11) is 0. The van der Waals surface area contributed by atoms with E-state index < -0.39 is 6.10 Å². The minimum atomic E-state index is -0.408. The number of hydrogen-bond donors (Lipinski definition) is 3. The summed E-state index contributed by atoms with van der Waals surface area (Å²) in [6.45, 7) is 2.27. The number of aliphatic hydroxyl groups excluding tert-OH is 1. The lowest BCUT2D eigenvalue weighted by molar-refractivity contribution is 0.160. The fourth-order valence-corrected chi connectivity index (χ4v) is 2.66. The van der Waals surface area contributed by atoms with Gasteiger partial charge in [0, 0.05) is 13.0 Å². The number of benzene rings is 1. The third-order valence-corrected chi connectivity index (χ3v) is 4.00. The second-order valence-electron chi connectivity index (χ2n) is 5.04. The van der Waals surface area contributed by atoms with Crippen LogP contribution in [0.1, 0.15) is 30.3 Å². The fourth-order valence-electron chi connectivity index (χ4n) is 1.89. The molecule has 0 bridgehead atoms. The molecule has 0 aliphatic carbocycles. The summed E-state index contributed by atoms with van der Waals surface area (Å²) in [5, 5.41) is 23.6. The smallest absolute Gasteiger partial charge is 0.321 e. The van der Waals surface area contributed by atoms with E-state index in [4.69, 9.17) is 0 Å². The first kappa shape index (κ1) is 17.3. The number of rotatable bonds is 7. The third-order valence-electron chi connectivity index (χ3n) is 3.17. The van der Waals surface area contributed by atoms with Crippen LogP contribution in [0.2, 0.25) is 0 Å². The van der Waals surface area contributed by atoms with E-state index in [1.54, 1.807) is 6.07 Å². The summed E-state index contributed by atoms with van der Waals surface area (Å²) in [5.41, 5.74) is 0.797. The van der Waals surface area contributed by atoms with Gasteiger partial charge in [0.15, 0.2) is 0 Å². The number of nitrogens with zero attached hydrogens (tertiary/aromatic N) is 2. The van der Waals surface area contributed by atoms with E-state index in [2.05, 4.69) is 20.8 Å². The number of nitrogens with one attached hydrogen (secondary N) is 2. The van der Waals surface area contributed by atoms with Gasteiger partial charge >= 0.3 is 6.03 Å². The largest absolute Gasteiger partial charge is 0.393 e. The second-order valence-corrected chi connectivity index (χ2v) is 6.10. The summed E-state index contributed by atoms with van der Waals surface area (Å²) in [6, 6.07) is 5.89. The highest BCUT2D eigenvalue weighted by molar-refractivity contribution is 7.15. The normalized spacial score (nSPS) is 12.0. The van der Waals surface area contributed by atoms with Gasteiger partial charge in [-0.05, 0) is 30.5 Å². The number of aromatic nitrogens is 2. The monoisotopic (exact) mass is 338 g/mol. The van der Waals surface area contributed by atoms with E-state index in [9.17, 15) is 14.3 Å². The number of anilines is 1. The van der Waals surface area contributed by atoms with Crippen molar-refractivity contribution in [3.8, 4) is 0 Å². The van der Waals surface area contributed by atoms with Crippen LogP contribution in [-0.2, 0) is 6.42 Å². The van der Waals surface area contributed by atoms with Gasteiger partial charge < -0.3 is 10.4 Å². The molecule has 2 rings (SSSR count). The van der Waals surface area contributed by atoms with Crippen molar-refractivity contribution in [2.24, 2.45) is 0 Å². The molecular weight excluding hydrogens is 319 g/mol. The van der Waals surface area contributed by atoms with Crippen molar-refractivity contribution >= 4 is 22.5 Å². The molecular formula is C15H19FN4O2S. The molecule has 0 aliphatic heterocycles. The first-order valence-corrected chi connectivity index (χ1v) is 8.18. The van der Waals surface area contributed by atoms with Crippen molar-refractivity contribution < 1.29 is 14.3 Å². The quantitative estimate of drug-likeness (QED) is 0.724. The van der Waals surface area contributed by atoms with Gasteiger partial charge in [-0.2, -0.15) is 0 Å². The Kier molecular flexibility index (Phi) is 6.42. The van der Waals surface area contributed by atoms with Crippen LogP contribution in [0.25, 0.3) is 0 Å². The molecule has 8 heteroatoms. The first-order chi connectivity index (χ1) is 11.1. The SMILES string of the molecule is CCC(O)CCNC(=O)Nc1nnc(Cc2cccc(F)c2)s1. The van der Waals surface area contributed by atoms with Crippen LogP contribution >= 0.6 is 11.3 Å². The van der Waals surface area contributed by atoms with Crippen LogP contribution in [0, 0.1) is 5.82 Å². The molecule has 2 aromatic rings. The first-order valence-electron chi connectivity index (χ1n) is 7.36. The number of carbonyl (C=O) groups excluding carboxylic acids is 1. The van der Waals surface area contributed by atoms with Gasteiger partial charge in [0.25, 0.3) is 0 Å². The fraction of sp³-hybridized carbons (Fsp3) is 0.400. The predicted molar refractivity (Wildman–Crippen MR) is 87.1 cm³/mol. The Morgan fingerprint density at radius 3 is 3.00 bits per heavy atom. The number of amides is 2. The average Bonchev–Trinajstić information content (AvgIpc) is 2.94. The lowest BCUT2D eigenvalue weighted by Crippen LogP contribution is -2.31. The highest BCUT2D eigenvalue weighted by atomic mass is 32.1. The highest BCUT2D eigenvalue weighted by Crippen LogP contribution is 2.18. The van der Waals surface area contributed by atoms with Gasteiger partial charge in [-0.25, -0.2) is 9.18 Å². The van der Waals surface area contributed by atoms with Crippen LogP contribution < -0.4 is 10.6 Å². The van der Waals surface area contributed by atoms with E-state index in [1.807, 2.05) is 13.0 Å². The van der Waals surface area contributed by atoms with E-state index in [1.165, 1.54) is 23.5 Å². The molecule has 124 valence electrons. The highest BCUT2D eigenvalue weighted by Gasteiger charge is 2.09. The lowest BCUT2D eigenvalue weighted by Gasteiger charge is -2.08. The average molecular weight is 338 g/mol. The molecule has 0 radical (unpaired) electrons. The Morgan fingerprint density at radius 1 is 1.43 bits per heavy atom. The third kappa shape index (κ3) is 5.91. The molecule has 0 spiro atoms. The van der Waals surface area contributed by atoms with Crippen LogP contribution in [0.15, 0.2) is 24.3 Å². The van der Waals surface area contributed by atoms with Crippen molar-refractivity contribution in [1.29, 1.82) is 0 Å². The standard InChI is InChI=1S/C15H19FN4O2S/c1-2-12(21)6-7-17-14(22)18-15-20-19-13(23-15)9-10-4-3-5-11(16)8-10/h3-5,8,12,21H,2,6-7,9H2,1H3,(H2,17,18,20,22). The van der Waals surface area contributed by atoms with Crippen LogP contribution in [-0.4, -0.2) is 34.0 Å². The van der Waals surface area contributed by atoms with Crippen LogP contribution in [0.5, 0.6) is 0 Å². The summed E-state index contributed by atoms with van der Waals surface area (Å²) >= 11 is 1.24.